The highest BCUT2D eigenvalue weighted by Crippen LogP contribution is 2.26. The highest BCUT2D eigenvalue weighted by atomic mass is 35.5. The van der Waals surface area contributed by atoms with E-state index in [0.717, 1.165) is 12.1 Å². The van der Waals surface area contributed by atoms with Gasteiger partial charge in [-0.25, -0.2) is 4.98 Å². The molecule has 0 spiro atoms. The van der Waals surface area contributed by atoms with Crippen molar-refractivity contribution >= 4 is 28.9 Å². The molecule has 1 heterocycles. The van der Waals surface area contributed by atoms with E-state index in [4.69, 9.17) is 11.6 Å². The van der Waals surface area contributed by atoms with Crippen LogP contribution in [0.3, 0.4) is 0 Å². The van der Waals surface area contributed by atoms with Crippen molar-refractivity contribution in [2.24, 2.45) is 0 Å². The van der Waals surface area contributed by atoms with Crippen LogP contribution in [0.4, 0.5) is 15.8 Å². The maximum absolute atomic E-state index is 12.9. The fraction of sp³-hybridized carbons (Fsp3) is 0. The molecular formula is C12H7ClFN3O3. The lowest BCUT2D eigenvalue weighted by atomic mass is 10.2. The number of hydrogen-bond acceptors (Lipinski definition) is 4. The van der Waals surface area contributed by atoms with Gasteiger partial charge in [-0.3, -0.25) is 14.9 Å². The van der Waals surface area contributed by atoms with E-state index in [2.05, 4.69) is 10.3 Å². The summed E-state index contributed by atoms with van der Waals surface area (Å²) in [5, 5.41) is 13.1. The Morgan fingerprint density at radius 1 is 1.35 bits per heavy atom. The van der Waals surface area contributed by atoms with E-state index in [0.29, 0.717) is 0 Å². The van der Waals surface area contributed by atoms with Crippen LogP contribution in [0.2, 0.25) is 5.02 Å². The Bertz CT molecular complexity index is 693. The lowest BCUT2D eigenvalue weighted by molar-refractivity contribution is -0.384. The number of nitrogens with one attached hydrogen (secondary N) is 1. The van der Waals surface area contributed by atoms with E-state index in [1.807, 2.05) is 0 Å². The van der Waals surface area contributed by atoms with Crippen molar-refractivity contribution in [3.8, 4) is 0 Å². The van der Waals surface area contributed by atoms with Gasteiger partial charge in [0.15, 0.2) is 0 Å². The molecule has 0 aliphatic rings. The molecule has 0 radical (unpaired) electrons. The van der Waals surface area contributed by atoms with E-state index in [1.165, 1.54) is 24.3 Å². The summed E-state index contributed by atoms with van der Waals surface area (Å²) in [7, 11) is 0. The van der Waals surface area contributed by atoms with Crippen LogP contribution in [0.5, 0.6) is 0 Å². The van der Waals surface area contributed by atoms with Crippen molar-refractivity contribution in [1.29, 1.82) is 0 Å². The Morgan fingerprint density at radius 2 is 2.10 bits per heavy atom. The Morgan fingerprint density at radius 3 is 2.75 bits per heavy atom. The second-order valence-electron chi connectivity index (χ2n) is 3.72. The zero-order valence-corrected chi connectivity index (χ0v) is 10.6. The number of halogens is 2. The van der Waals surface area contributed by atoms with Gasteiger partial charge in [-0.05, 0) is 18.2 Å². The van der Waals surface area contributed by atoms with E-state index >= 15 is 0 Å². The number of amides is 1. The van der Waals surface area contributed by atoms with E-state index < -0.39 is 16.8 Å². The van der Waals surface area contributed by atoms with Crippen LogP contribution in [0.25, 0.3) is 0 Å². The molecule has 0 fully saturated rings. The second kappa shape index (κ2) is 5.62. The minimum atomic E-state index is -0.803. The van der Waals surface area contributed by atoms with E-state index in [1.54, 1.807) is 0 Å². The molecule has 1 amide bonds. The monoisotopic (exact) mass is 295 g/mol. The maximum atomic E-state index is 12.9. The van der Waals surface area contributed by atoms with Crippen LogP contribution < -0.4 is 5.32 Å². The number of hydrogen-bond donors (Lipinski definition) is 1. The largest absolute Gasteiger partial charge is 0.319 e. The summed E-state index contributed by atoms with van der Waals surface area (Å²) in [6.07, 6.45) is 0. The number of non-ortho nitro benzene ring substituents is 1. The summed E-state index contributed by atoms with van der Waals surface area (Å²) in [5.41, 5.74) is -0.332. The zero-order valence-electron chi connectivity index (χ0n) is 9.84. The number of nitro groups is 1. The van der Waals surface area contributed by atoms with Crippen LogP contribution in [-0.4, -0.2) is 15.8 Å². The molecule has 0 bridgehead atoms. The van der Waals surface area contributed by atoms with Crippen molar-refractivity contribution in [2.45, 2.75) is 0 Å². The van der Waals surface area contributed by atoms with Crippen molar-refractivity contribution in [3.63, 3.8) is 0 Å². The average Bonchev–Trinajstić information content (AvgIpc) is 2.41. The molecule has 0 aliphatic carbocycles. The number of aromatic nitrogens is 1. The number of carbonyl (C=O) groups excluding carboxylic acids is 1. The predicted molar refractivity (Wildman–Crippen MR) is 70.3 cm³/mol. The lowest BCUT2D eigenvalue weighted by Crippen LogP contribution is -2.14. The molecule has 1 N–H and O–H groups in total. The first-order valence-electron chi connectivity index (χ1n) is 5.35. The minimum absolute atomic E-state index is 0.0527. The van der Waals surface area contributed by atoms with E-state index in [9.17, 15) is 19.3 Å². The van der Waals surface area contributed by atoms with Crippen LogP contribution in [-0.2, 0) is 0 Å². The van der Waals surface area contributed by atoms with Gasteiger partial charge < -0.3 is 5.32 Å². The maximum Gasteiger partial charge on any atom is 0.274 e. The number of benzene rings is 1. The van der Waals surface area contributed by atoms with Gasteiger partial charge in [-0.1, -0.05) is 17.7 Å². The molecule has 0 atom stereocenters. The fourth-order valence-electron chi connectivity index (χ4n) is 1.44. The third-order valence-electron chi connectivity index (χ3n) is 2.36. The quantitative estimate of drug-likeness (QED) is 0.536. The summed E-state index contributed by atoms with van der Waals surface area (Å²) < 4.78 is 12.9. The fourth-order valence-corrected chi connectivity index (χ4v) is 1.61. The third-order valence-corrected chi connectivity index (χ3v) is 2.69. The average molecular weight is 296 g/mol. The molecule has 6 nitrogen and oxygen atoms in total. The standard InChI is InChI=1S/C12H7ClFN3O3/c13-8-5-4-7(17(19)20)6-10(8)16-12(18)9-2-1-3-11(14)15-9/h1-6H,(H,16,18). The number of nitrogens with zero attached hydrogens (tertiary/aromatic N) is 2. The first-order valence-corrected chi connectivity index (χ1v) is 5.73. The first-order chi connectivity index (χ1) is 9.47. The summed E-state index contributed by atoms with van der Waals surface area (Å²) in [6.45, 7) is 0. The smallest absolute Gasteiger partial charge is 0.274 e. The van der Waals surface area contributed by atoms with Gasteiger partial charge in [-0.15, -0.1) is 0 Å². The molecule has 20 heavy (non-hydrogen) atoms. The van der Waals surface area contributed by atoms with Gasteiger partial charge in [0.25, 0.3) is 11.6 Å². The van der Waals surface area contributed by atoms with Crippen molar-refractivity contribution in [2.75, 3.05) is 5.32 Å². The first kappa shape index (κ1) is 13.9. The summed E-state index contributed by atoms with van der Waals surface area (Å²) in [6, 6.07) is 7.33. The summed E-state index contributed by atoms with van der Waals surface area (Å²) in [4.78, 5) is 25.3. The molecule has 102 valence electrons. The zero-order chi connectivity index (χ0) is 14.7. The molecule has 0 saturated carbocycles. The van der Waals surface area contributed by atoms with Gasteiger partial charge >= 0.3 is 0 Å². The normalized spacial score (nSPS) is 10.1. The third kappa shape index (κ3) is 3.07. The minimum Gasteiger partial charge on any atom is -0.319 e. The van der Waals surface area contributed by atoms with Crippen LogP contribution in [0.15, 0.2) is 36.4 Å². The molecule has 1 aromatic carbocycles. The Kier molecular flexibility index (Phi) is 3.90. The summed E-state index contributed by atoms with van der Waals surface area (Å²) >= 11 is 5.83. The van der Waals surface area contributed by atoms with E-state index in [-0.39, 0.29) is 22.1 Å². The number of nitro benzene ring substituents is 1. The van der Waals surface area contributed by atoms with Crippen LogP contribution >= 0.6 is 11.6 Å². The van der Waals surface area contributed by atoms with Gasteiger partial charge in [0.05, 0.1) is 15.6 Å². The molecule has 0 unspecified atom stereocenters. The topological polar surface area (TPSA) is 85.1 Å². The Labute approximate surface area is 117 Å². The van der Waals surface area contributed by atoms with Gasteiger partial charge in [0.2, 0.25) is 5.95 Å². The van der Waals surface area contributed by atoms with Crippen molar-refractivity contribution < 1.29 is 14.1 Å². The number of rotatable bonds is 3. The Balaban J connectivity index is 2.27. The molecule has 0 saturated heterocycles. The number of pyridine rings is 1. The van der Waals surface area contributed by atoms with Gasteiger partial charge in [0.1, 0.15) is 5.69 Å². The van der Waals surface area contributed by atoms with Crippen LogP contribution in [0, 0.1) is 16.1 Å². The summed E-state index contributed by atoms with van der Waals surface area (Å²) in [5.74, 6) is -1.52. The molecule has 8 heteroatoms. The Hall–Kier alpha value is -2.54. The van der Waals surface area contributed by atoms with Crippen molar-refractivity contribution in [3.05, 3.63) is 63.2 Å². The second-order valence-corrected chi connectivity index (χ2v) is 4.13. The molecule has 1 aromatic heterocycles. The molecule has 2 aromatic rings. The van der Waals surface area contributed by atoms with Crippen LogP contribution in [0.1, 0.15) is 10.5 Å². The number of carbonyl (C=O) groups is 1. The number of anilines is 1. The highest BCUT2D eigenvalue weighted by Gasteiger charge is 2.14. The molecular weight excluding hydrogens is 289 g/mol. The van der Waals surface area contributed by atoms with Crippen molar-refractivity contribution in [1.82, 2.24) is 4.98 Å². The van der Waals surface area contributed by atoms with Gasteiger partial charge in [0, 0.05) is 12.1 Å². The lowest BCUT2D eigenvalue weighted by Gasteiger charge is -2.06. The molecule has 0 aliphatic heterocycles. The predicted octanol–water partition coefficient (Wildman–Crippen LogP) is 3.03. The highest BCUT2D eigenvalue weighted by molar-refractivity contribution is 6.34. The van der Waals surface area contributed by atoms with Gasteiger partial charge in [-0.2, -0.15) is 4.39 Å². The molecule has 2 rings (SSSR count). The SMILES string of the molecule is O=C(Nc1cc([N+](=O)[O-])ccc1Cl)c1cccc(F)n1.